The largest absolute Gasteiger partial charge is 0.327 e. The van der Waals surface area contributed by atoms with Gasteiger partial charge in [-0.25, -0.2) is 0 Å². The van der Waals surface area contributed by atoms with Crippen LogP contribution in [0.3, 0.4) is 0 Å². The van der Waals surface area contributed by atoms with Crippen LogP contribution in [0.1, 0.15) is 20.3 Å². The summed E-state index contributed by atoms with van der Waals surface area (Å²) in [5, 5.41) is 2.75. The number of anilines is 1. The average Bonchev–Trinajstić information content (AvgIpc) is 2.18. The SMILES string of the molecule is CC(C)C(N)CC(=O)Nc1cccnc1. The van der Waals surface area contributed by atoms with Crippen LogP contribution in [-0.4, -0.2) is 16.9 Å². The zero-order valence-corrected chi connectivity index (χ0v) is 9.10. The van der Waals surface area contributed by atoms with Crippen LogP contribution in [0.25, 0.3) is 0 Å². The van der Waals surface area contributed by atoms with Gasteiger partial charge in [0.25, 0.3) is 0 Å². The second kappa shape index (κ2) is 5.46. The fourth-order valence-corrected chi connectivity index (χ4v) is 1.10. The van der Waals surface area contributed by atoms with E-state index in [-0.39, 0.29) is 11.9 Å². The predicted molar refractivity (Wildman–Crippen MR) is 60.3 cm³/mol. The van der Waals surface area contributed by atoms with Gasteiger partial charge in [0.15, 0.2) is 0 Å². The Kier molecular flexibility index (Phi) is 4.24. The molecule has 1 aromatic heterocycles. The van der Waals surface area contributed by atoms with Crippen molar-refractivity contribution in [3.8, 4) is 0 Å². The summed E-state index contributed by atoms with van der Waals surface area (Å²) in [6.45, 7) is 4.00. The topological polar surface area (TPSA) is 68.0 Å². The van der Waals surface area contributed by atoms with Gasteiger partial charge in [0.05, 0.1) is 11.9 Å². The summed E-state index contributed by atoms with van der Waals surface area (Å²) in [7, 11) is 0. The summed E-state index contributed by atoms with van der Waals surface area (Å²) < 4.78 is 0. The Morgan fingerprint density at radius 1 is 1.60 bits per heavy atom. The van der Waals surface area contributed by atoms with Gasteiger partial charge >= 0.3 is 0 Å². The molecular formula is C11H17N3O. The Bertz CT molecular complexity index is 311. The molecule has 0 radical (unpaired) electrons. The lowest BCUT2D eigenvalue weighted by atomic mass is 10.0. The lowest BCUT2D eigenvalue weighted by Gasteiger charge is -2.14. The number of nitrogens with two attached hydrogens (primary N) is 1. The van der Waals surface area contributed by atoms with E-state index < -0.39 is 0 Å². The van der Waals surface area contributed by atoms with Crippen molar-refractivity contribution in [2.45, 2.75) is 26.3 Å². The van der Waals surface area contributed by atoms with Crippen molar-refractivity contribution in [3.05, 3.63) is 24.5 Å². The molecule has 0 aliphatic carbocycles. The minimum absolute atomic E-state index is 0.0656. The molecule has 0 aliphatic heterocycles. The van der Waals surface area contributed by atoms with Crippen LogP contribution in [-0.2, 0) is 4.79 Å². The standard InChI is InChI=1S/C11H17N3O/c1-8(2)10(12)6-11(15)14-9-4-3-5-13-7-9/h3-5,7-8,10H,6,12H2,1-2H3,(H,14,15). The van der Waals surface area contributed by atoms with Gasteiger partial charge < -0.3 is 11.1 Å². The first-order valence-electron chi connectivity index (χ1n) is 5.05. The molecule has 1 atom stereocenters. The summed E-state index contributed by atoms with van der Waals surface area (Å²) in [5.41, 5.74) is 6.50. The van der Waals surface area contributed by atoms with Crippen LogP contribution in [0.15, 0.2) is 24.5 Å². The van der Waals surface area contributed by atoms with E-state index >= 15 is 0 Å². The van der Waals surface area contributed by atoms with Crippen molar-refractivity contribution in [1.82, 2.24) is 4.98 Å². The molecule has 0 aliphatic rings. The molecule has 4 heteroatoms. The molecule has 1 amide bonds. The van der Waals surface area contributed by atoms with Crippen LogP contribution in [0, 0.1) is 5.92 Å². The fourth-order valence-electron chi connectivity index (χ4n) is 1.10. The quantitative estimate of drug-likeness (QED) is 0.784. The van der Waals surface area contributed by atoms with Crippen LogP contribution in [0.4, 0.5) is 5.69 Å². The van der Waals surface area contributed by atoms with E-state index in [2.05, 4.69) is 10.3 Å². The number of carbonyl (C=O) groups is 1. The molecule has 0 fully saturated rings. The molecule has 0 spiro atoms. The first kappa shape index (κ1) is 11.7. The van der Waals surface area contributed by atoms with E-state index in [1.807, 2.05) is 13.8 Å². The maximum Gasteiger partial charge on any atom is 0.225 e. The highest BCUT2D eigenvalue weighted by atomic mass is 16.1. The number of carbonyl (C=O) groups excluding carboxylic acids is 1. The second-order valence-electron chi connectivity index (χ2n) is 3.90. The molecule has 1 unspecified atom stereocenters. The molecule has 3 N–H and O–H groups in total. The van der Waals surface area contributed by atoms with Crippen LogP contribution < -0.4 is 11.1 Å². The zero-order chi connectivity index (χ0) is 11.3. The van der Waals surface area contributed by atoms with Gasteiger partial charge in [0.1, 0.15) is 0 Å². The Labute approximate surface area is 89.9 Å². The van der Waals surface area contributed by atoms with Crippen molar-refractivity contribution >= 4 is 11.6 Å². The highest BCUT2D eigenvalue weighted by molar-refractivity contribution is 5.90. The van der Waals surface area contributed by atoms with E-state index in [9.17, 15) is 4.79 Å². The molecule has 1 rings (SSSR count). The van der Waals surface area contributed by atoms with E-state index in [1.54, 1.807) is 24.5 Å². The molecular weight excluding hydrogens is 190 g/mol. The summed E-state index contributed by atoms with van der Waals surface area (Å²) in [4.78, 5) is 15.4. The Morgan fingerprint density at radius 3 is 2.87 bits per heavy atom. The predicted octanol–water partition coefficient (Wildman–Crippen LogP) is 1.39. The van der Waals surface area contributed by atoms with Gasteiger partial charge in [-0.1, -0.05) is 13.8 Å². The normalized spacial score (nSPS) is 12.5. The van der Waals surface area contributed by atoms with Crippen LogP contribution in [0.5, 0.6) is 0 Å². The monoisotopic (exact) mass is 207 g/mol. The number of nitrogens with zero attached hydrogens (tertiary/aromatic N) is 1. The molecule has 1 aromatic rings. The van der Waals surface area contributed by atoms with Crippen molar-refractivity contribution in [1.29, 1.82) is 0 Å². The number of pyridine rings is 1. The number of rotatable bonds is 4. The molecule has 0 aromatic carbocycles. The Morgan fingerprint density at radius 2 is 2.33 bits per heavy atom. The molecule has 1 heterocycles. The van der Waals surface area contributed by atoms with E-state index in [0.717, 1.165) is 0 Å². The van der Waals surface area contributed by atoms with Gasteiger partial charge in [0, 0.05) is 18.7 Å². The highest BCUT2D eigenvalue weighted by Crippen LogP contribution is 2.07. The van der Waals surface area contributed by atoms with Crippen LogP contribution >= 0.6 is 0 Å². The fraction of sp³-hybridized carbons (Fsp3) is 0.455. The van der Waals surface area contributed by atoms with E-state index in [4.69, 9.17) is 5.73 Å². The van der Waals surface area contributed by atoms with Crippen molar-refractivity contribution in [2.24, 2.45) is 11.7 Å². The van der Waals surface area contributed by atoms with Crippen molar-refractivity contribution < 1.29 is 4.79 Å². The van der Waals surface area contributed by atoms with Crippen molar-refractivity contribution in [2.75, 3.05) is 5.32 Å². The summed E-state index contributed by atoms with van der Waals surface area (Å²) in [6.07, 6.45) is 3.61. The lowest BCUT2D eigenvalue weighted by molar-refractivity contribution is -0.116. The molecule has 82 valence electrons. The first-order valence-corrected chi connectivity index (χ1v) is 5.05. The van der Waals surface area contributed by atoms with E-state index in [0.29, 0.717) is 18.0 Å². The molecule has 0 saturated heterocycles. The van der Waals surface area contributed by atoms with Gasteiger partial charge in [-0.15, -0.1) is 0 Å². The minimum atomic E-state index is -0.0957. The minimum Gasteiger partial charge on any atom is -0.327 e. The average molecular weight is 207 g/mol. The Balaban J connectivity index is 2.43. The third-order valence-corrected chi connectivity index (χ3v) is 2.22. The van der Waals surface area contributed by atoms with Gasteiger partial charge in [-0.3, -0.25) is 9.78 Å². The number of amides is 1. The summed E-state index contributed by atoms with van der Waals surface area (Å²) in [6, 6.07) is 3.48. The van der Waals surface area contributed by atoms with Gasteiger partial charge in [-0.05, 0) is 18.1 Å². The molecule has 15 heavy (non-hydrogen) atoms. The highest BCUT2D eigenvalue weighted by Gasteiger charge is 2.12. The molecule has 4 nitrogen and oxygen atoms in total. The first-order chi connectivity index (χ1) is 7.09. The maximum absolute atomic E-state index is 11.5. The number of aromatic nitrogens is 1. The molecule has 0 bridgehead atoms. The third kappa shape index (κ3) is 4.08. The summed E-state index contributed by atoms with van der Waals surface area (Å²) >= 11 is 0. The maximum atomic E-state index is 11.5. The van der Waals surface area contributed by atoms with Gasteiger partial charge in [0.2, 0.25) is 5.91 Å². The van der Waals surface area contributed by atoms with Crippen molar-refractivity contribution in [3.63, 3.8) is 0 Å². The zero-order valence-electron chi connectivity index (χ0n) is 9.10. The second-order valence-corrected chi connectivity index (χ2v) is 3.90. The van der Waals surface area contributed by atoms with Gasteiger partial charge in [-0.2, -0.15) is 0 Å². The smallest absolute Gasteiger partial charge is 0.225 e. The van der Waals surface area contributed by atoms with Crippen LogP contribution in [0.2, 0.25) is 0 Å². The number of nitrogens with one attached hydrogen (secondary N) is 1. The molecule has 0 saturated carbocycles. The number of hydrogen-bond acceptors (Lipinski definition) is 3. The third-order valence-electron chi connectivity index (χ3n) is 2.22. The summed E-state index contributed by atoms with van der Waals surface area (Å²) in [5.74, 6) is 0.244. The Hall–Kier alpha value is -1.42. The van der Waals surface area contributed by atoms with E-state index in [1.165, 1.54) is 0 Å². The lowest BCUT2D eigenvalue weighted by Crippen LogP contribution is -2.31. The number of hydrogen-bond donors (Lipinski definition) is 2.